The minimum Gasteiger partial charge on any atom is -0.322 e. The predicted octanol–water partition coefficient (Wildman–Crippen LogP) is 0.774. The molecule has 2 N–H and O–H groups in total. The molecule has 4 aliphatic rings. The topological polar surface area (TPSA) is 81.8 Å². The number of carbonyl (C=O) groups excluding carboxylic acids is 3. The van der Waals surface area contributed by atoms with Crippen molar-refractivity contribution in [1.82, 2.24) is 20.4 Å². The second-order valence-electron chi connectivity index (χ2n) is 8.44. The lowest BCUT2D eigenvalue weighted by Gasteiger charge is -2.29. The fourth-order valence-electron chi connectivity index (χ4n) is 5.28. The van der Waals surface area contributed by atoms with Gasteiger partial charge in [0.2, 0.25) is 11.8 Å². The van der Waals surface area contributed by atoms with E-state index in [2.05, 4.69) is 27.7 Å². The Hall–Kier alpha value is -2.25. The van der Waals surface area contributed by atoms with Gasteiger partial charge in [0, 0.05) is 43.7 Å². The van der Waals surface area contributed by atoms with Crippen LogP contribution in [-0.2, 0) is 22.7 Å². The molecule has 0 radical (unpaired) electrons. The van der Waals surface area contributed by atoms with Crippen LogP contribution >= 0.6 is 0 Å². The third kappa shape index (κ3) is 3.02. The van der Waals surface area contributed by atoms with Gasteiger partial charge in [0.15, 0.2) is 0 Å². The average Bonchev–Trinajstić information content (AvgIpc) is 3.10. The summed E-state index contributed by atoms with van der Waals surface area (Å²) in [6, 6.07) is 6.81. The second kappa shape index (κ2) is 6.97. The number of benzene rings is 1. The average molecular weight is 382 g/mol. The summed E-state index contributed by atoms with van der Waals surface area (Å²) in [6.07, 6.45) is 4.42. The third-order valence-corrected chi connectivity index (χ3v) is 6.76. The van der Waals surface area contributed by atoms with E-state index in [4.69, 9.17) is 0 Å². The lowest BCUT2D eigenvalue weighted by molar-refractivity contribution is -0.136. The first-order valence-electron chi connectivity index (χ1n) is 10.3. The Bertz CT molecular complexity index is 825. The van der Waals surface area contributed by atoms with Crippen LogP contribution in [0.2, 0.25) is 0 Å². The van der Waals surface area contributed by atoms with Gasteiger partial charge in [-0.3, -0.25) is 24.6 Å². The summed E-state index contributed by atoms with van der Waals surface area (Å²) in [5, 5.41) is 5.89. The number of hydrogen-bond acceptors (Lipinski definition) is 5. The quantitative estimate of drug-likeness (QED) is 0.755. The van der Waals surface area contributed by atoms with Crippen LogP contribution in [0.1, 0.15) is 53.6 Å². The van der Waals surface area contributed by atoms with Crippen molar-refractivity contribution in [3.05, 3.63) is 34.9 Å². The Morgan fingerprint density at radius 2 is 1.89 bits per heavy atom. The number of rotatable bonds is 3. The Kier molecular flexibility index (Phi) is 4.44. The zero-order valence-electron chi connectivity index (χ0n) is 15.9. The lowest BCUT2D eigenvalue weighted by Crippen LogP contribution is -2.52. The molecule has 0 spiro atoms. The van der Waals surface area contributed by atoms with E-state index in [1.807, 2.05) is 6.07 Å². The molecule has 28 heavy (non-hydrogen) atoms. The first-order chi connectivity index (χ1) is 13.6. The zero-order chi connectivity index (χ0) is 19.3. The van der Waals surface area contributed by atoms with Crippen molar-refractivity contribution in [3.8, 4) is 0 Å². The Morgan fingerprint density at radius 1 is 1.04 bits per heavy atom. The number of piperidine rings is 1. The third-order valence-electron chi connectivity index (χ3n) is 6.76. The van der Waals surface area contributed by atoms with Gasteiger partial charge < -0.3 is 10.2 Å². The van der Waals surface area contributed by atoms with Gasteiger partial charge in [-0.1, -0.05) is 12.1 Å². The number of carbonyl (C=O) groups is 3. The van der Waals surface area contributed by atoms with E-state index in [0.29, 0.717) is 30.6 Å². The van der Waals surface area contributed by atoms with E-state index >= 15 is 0 Å². The molecule has 0 aliphatic carbocycles. The minimum absolute atomic E-state index is 0.102. The standard InChI is InChI=1S/C21H26N4O3/c26-19-6-5-18(20(27)23-19)25-12-14-9-13(1-4-17(14)21(25)28)11-24-15-2-3-16(24)10-22-8-7-15/h1,4,9,15-16,18,22H,2-3,5-8,10-12H2,(H,23,26,27). The number of fused-ring (bicyclic) bond motifs is 3. The summed E-state index contributed by atoms with van der Waals surface area (Å²) in [5.41, 5.74) is 2.91. The van der Waals surface area contributed by atoms with Crippen LogP contribution in [0.15, 0.2) is 18.2 Å². The molecule has 2 bridgehead atoms. The molecule has 1 aromatic rings. The van der Waals surface area contributed by atoms with Crippen molar-refractivity contribution in [1.29, 1.82) is 0 Å². The summed E-state index contributed by atoms with van der Waals surface area (Å²) in [5.74, 6) is -0.712. The molecule has 3 atom stereocenters. The van der Waals surface area contributed by atoms with Gasteiger partial charge in [0.1, 0.15) is 6.04 Å². The van der Waals surface area contributed by atoms with Crippen molar-refractivity contribution in [3.63, 3.8) is 0 Å². The molecule has 1 aromatic carbocycles. The van der Waals surface area contributed by atoms with Gasteiger partial charge >= 0.3 is 0 Å². The number of nitrogens with zero attached hydrogens (tertiary/aromatic N) is 2. The Balaban J connectivity index is 1.33. The van der Waals surface area contributed by atoms with Crippen molar-refractivity contribution in [2.75, 3.05) is 13.1 Å². The second-order valence-corrected chi connectivity index (χ2v) is 8.44. The summed E-state index contributed by atoms with van der Waals surface area (Å²) in [7, 11) is 0. The molecule has 148 valence electrons. The highest BCUT2D eigenvalue weighted by atomic mass is 16.2. The normalized spacial score (nSPS) is 30.4. The lowest BCUT2D eigenvalue weighted by atomic mass is 10.0. The molecule has 5 rings (SSSR count). The molecule has 3 saturated heterocycles. The minimum atomic E-state index is -0.548. The SMILES string of the molecule is O=C1CCC(N2Cc3cc(CN4C5CCNCC4CC5)ccc3C2=O)C(=O)N1. The number of amides is 3. The van der Waals surface area contributed by atoms with Crippen LogP contribution in [0.4, 0.5) is 0 Å². The van der Waals surface area contributed by atoms with E-state index in [0.717, 1.165) is 25.2 Å². The van der Waals surface area contributed by atoms with E-state index in [-0.39, 0.29) is 24.1 Å². The van der Waals surface area contributed by atoms with E-state index in [1.54, 1.807) is 4.90 Å². The van der Waals surface area contributed by atoms with Crippen molar-refractivity contribution in [2.24, 2.45) is 0 Å². The molecule has 4 aliphatic heterocycles. The number of nitrogens with one attached hydrogen (secondary N) is 2. The maximum atomic E-state index is 12.8. The fourth-order valence-corrected chi connectivity index (χ4v) is 5.28. The van der Waals surface area contributed by atoms with Gasteiger partial charge in [0.25, 0.3) is 5.91 Å². The first-order valence-corrected chi connectivity index (χ1v) is 10.3. The van der Waals surface area contributed by atoms with Crippen molar-refractivity contribution in [2.45, 2.75) is 63.3 Å². The van der Waals surface area contributed by atoms with Gasteiger partial charge in [-0.2, -0.15) is 0 Å². The van der Waals surface area contributed by atoms with Crippen molar-refractivity contribution >= 4 is 17.7 Å². The smallest absolute Gasteiger partial charge is 0.255 e. The summed E-state index contributed by atoms with van der Waals surface area (Å²) < 4.78 is 0. The number of imide groups is 1. The van der Waals surface area contributed by atoms with Gasteiger partial charge in [-0.05, 0) is 49.4 Å². The molecule has 3 unspecified atom stereocenters. The van der Waals surface area contributed by atoms with E-state index in [1.165, 1.54) is 24.8 Å². The molecule has 3 amide bonds. The fraction of sp³-hybridized carbons (Fsp3) is 0.571. The highest BCUT2D eigenvalue weighted by Crippen LogP contribution is 2.32. The highest BCUT2D eigenvalue weighted by Gasteiger charge is 2.39. The van der Waals surface area contributed by atoms with Crippen LogP contribution in [0.3, 0.4) is 0 Å². The number of hydrogen-bond donors (Lipinski definition) is 2. The Labute approximate surface area is 164 Å². The van der Waals surface area contributed by atoms with Crippen LogP contribution < -0.4 is 10.6 Å². The van der Waals surface area contributed by atoms with Crippen LogP contribution in [0.25, 0.3) is 0 Å². The summed E-state index contributed by atoms with van der Waals surface area (Å²) in [6.45, 7) is 3.51. The summed E-state index contributed by atoms with van der Waals surface area (Å²) >= 11 is 0. The van der Waals surface area contributed by atoms with Crippen LogP contribution in [0.5, 0.6) is 0 Å². The maximum absolute atomic E-state index is 12.8. The highest BCUT2D eigenvalue weighted by molar-refractivity contribution is 6.05. The molecular formula is C21H26N4O3. The molecule has 3 fully saturated rings. The van der Waals surface area contributed by atoms with Crippen LogP contribution in [0, 0.1) is 0 Å². The van der Waals surface area contributed by atoms with Crippen LogP contribution in [-0.4, -0.2) is 58.7 Å². The zero-order valence-corrected chi connectivity index (χ0v) is 15.9. The van der Waals surface area contributed by atoms with Gasteiger partial charge in [-0.25, -0.2) is 0 Å². The molecule has 7 nitrogen and oxygen atoms in total. The molecular weight excluding hydrogens is 356 g/mol. The molecule has 0 aromatic heterocycles. The van der Waals surface area contributed by atoms with Gasteiger partial charge in [0.05, 0.1) is 0 Å². The van der Waals surface area contributed by atoms with E-state index < -0.39 is 6.04 Å². The largest absolute Gasteiger partial charge is 0.322 e. The molecule has 0 saturated carbocycles. The van der Waals surface area contributed by atoms with Crippen molar-refractivity contribution < 1.29 is 14.4 Å². The van der Waals surface area contributed by atoms with Gasteiger partial charge in [-0.15, -0.1) is 0 Å². The van der Waals surface area contributed by atoms with E-state index in [9.17, 15) is 14.4 Å². The monoisotopic (exact) mass is 382 g/mol. The first kappa shape index (κ1) is 17.8. The predicted molar refractivity (Wildman–Crippen MR) is 102 cm³/mol. The maximum Gasteiger partial charge on any atom is 0.255 e. The Morgan fingerprint density at radius 3 is 2.75 bits per heavy atom. The molecule has 7 heteroatoms. The molecule has 4 heterocycles. The summed E-state index contributed by atoms with van der Waals surface area (Å²) in [4.78, 5) is 40.7.